The highest BCUT2D eigenvalue weighted by Gasteiger charge is 2.22. The van der Waals surface area contributed by atoms with Crippen molar-refractivity contribution in [3.63, 3.8) is 0 Å². The molecule has 2 aromatic rings. The number of thiophene rings is 1. The minimum atomic E-state index is -0.00273. The van der Waals surface area contributed by atoms with Crippen LogP contribution < -0.4 is 9.47 Å². The highest BCUT2D eigenvalue weighted by molar-refractivity contribution is 9.10. The van der Waals surface area contributed by atoms with Crippen molar-refractivity contribution in [2.75, 3.05) is 14.2 Å². The van der Waals surface area contributed by atoms with E-state index in [1.165, 1.54) is 16.9 Å². The summed E-state index contributed by atoms with van der Waals surface area (Å²) in [5, 5.41) is 0. The number of benzene rings is 1. The average molecular weight is 367 g/mol. The molecule has 3 nitrogen and oxygen atoms in total. The van der Waals surface area contributed by atoms with Crippen molar-refractivity contribution in [2.45, 2.75) is 19.3 Å². The quantitative estimate of drug-likeness (QED) is 0.758. The number of ketones is 1. The minimum Gasteiger partial charge on any atom is -0.496 e. The largest absolute Gasteiger partial charge is 0.496 e. The van der Waals surface area contributed by atoms with Crippen molar-refractivity contribution in [2.24, 2.45) is 0 Å². The number of fused-ring (bicyclic) bond motifs is 1. The Morgan fingerprint density at radius 3 is 2.57 bits per heavy atom. The summed E-state index contributed by atoms with van der Waals surface area (Å²) < 4.78 is 11.4. The molecule has 1 heterocycles. The molecule has 0 unspecified atom stereocenters. The summed E-state index contributed by atoms with van der Waals surface area (Å²) in [6.45, 7) is 0. The molecule has 21 heavy (non-hydrogen) atoms. The Morgan fingerprint density at radius 2 is 1.90 bits per heavy atom. The normalized spacial score (nSPS) is 13.1. The molecule has 0 saturated heterocycles. The van der Waals surface area contributed by atoms with Crippen LogP contribution in [0.5, 0.6) is 11.5 Å². The maximum absolute atomic E-state index is 12.8. The number of carbonyl (C=O) groups is 1. The molecule has 1 aromatic heterocycles. The SMILES string of the molecule is COc1cc(C(=O)c2cc3c(s2)CCC3)c(OC)cc1Br. The van der Waals surface area contributed by atoms with Gasteiger partial charge in [0.25, 0.3) is 0 Å². The van der Waals surface area contributed by atoms with Gasteiger partial charge in [0.05, 0.1) is 29.1 Å². The first-order chi connectivity index (χ1) is 10.1. The highest BCUT2D eigenvalue weighted by Crippen LogP contribution is 2.37. The third-order valence-corrected chi connectivity index (χ3v) is 5.54. The number of hydrogen-bond acceptors (Lipinski definition) is 4. The van der Waals surface area contributed by atoms with Crippen molar-refractivity contribution < 1.29 is 14.3 Å². The summed E-state index contributed by atoms with van der Waals surface area (Å²) in [5.41, 5.74) is 1.86. The van der Waals surface area contributed by atoms with Crippen LogP contribution >= 0.6 is 27.3 Å². The van der Waals surface area contributed by atoms with Crippen LogP contribution in [0.25, 0.3) is 0 Å². The Kier molecular flexibility index (Phi) is 4.04. The van der Waals surface area contributed by atoms with Crippen molar-refractivity contribution in [1.82, 2.24) is 0 Å². The third-order valence-electron chi connectivity index (χ3n) is 3.69. The van der Waals surface area contributed by atoms with Gasteiger partial charge in [-0.3, -0.25) is 4.79 Å². The molecule has 0 N–H and O–H groups in total. The molecule has 0 aliphatic heterocycles. The van der Waals surface area contributed by atoms with E-state index in [4.69, 9.17) is 9.47 Å². The molecule has 0 amide bonds. The van der Waals surface area contributed by atoms with Gasteiger partial charge in [0.2, 0.25) is 5.78 Å². The van der Waals surface area contributed by atoms with Gasteiger partial charge in [-0.25, -0.2) is 0 Å². The average Bonchev–Trinajstić information content (AvgIpc) is 3.07. The van der Waals surface area contributed by atoms with Gasteiger partial charge in [-0.1, -0.05) is 0 Å². The number of carbonyl (C=O) groups excluding carboxylic acids is 1. The van der Waals surface area contributed by atoms with E-state index in [2.05, 4.69) is 15.9 Å². The van der Waals surface area contributed by atoms with Gasteiger partial charge < -0.3 is 9.47 Å². The smallest absolute Gasteiger partial charge is 0.206 e. The Morgan fingerprint density at radius 1 is 1.14 bits per heavy atom. The Bertz CT molecular complexity index is 684. The van der Waals surface area contributed by atoms with Crippen LogP contribution in [0.4, 0.5) is 0 Å². The molecule has 5 heteroatoms. The molecule has 0 fully saturated rings. The fourth-order valence-electron chi connectivity index (χ4n) is 2.61. The molecule has 1 aromatic carbocycles. The monoisotopic (exact) mass is 366 g/mol. The summed E-state index contributed by atoms with van der Waals surface area (Å²) >= 11 is 5.01. The number of halogens is 1. The summed E-state index contributed by atoms with van der Waals surface area (Å²) in [6, 6.07) is 5.53. The van der Waals surface area contributed by atoms with E-state index >= 15 is 0 Å². The van der Waals surface area contributed by atoms with Gasteiger partial charge in [-0.2, -0.15) is 0 Å². The number of rotatable bonds is 4. The third kappa shape index (κ3) is 2.60. The predicted molar refractivity (Wildman–Crippen MR) is 87.0 cm³/mol. The maximum atomic E-state index is 12.8. The zero-order valence-electron chi connectivity index (χ0n) is 11.9. The first-order valence-electron chi connectivity index (χ1n) is 6.72. The van der Waals surface area contributed by atoms with Gasteiger partial charge in [0.15, 0.2) is 0 Å². The predicted octanol–water partition coefficient (Wildman–Crippen LogP) is 4.25. The van der Waals surface area contributed by atoms with Crippen LogP contribution in [0.15, 0.2) is 22.7 Å². The number of hydrogen-bond donors (Lipinski definition) is 0. The van der Waals surface area contributed by atoms with Crippen LogP contribution in [0.3, 0.4) is 0 Å². The molecule has 110 valence electrons. The van der Waals surface area contributed by atoms with Crippen LogP contribution in [-0.4, -0.2) is 20.0 Å². The lowest BCUT2D eigenvalue weighted by molar-refractivity contribution is 0.103. The van der Waals surface area contributed by atoms with Crippen LogP contribution in [0, 0.1) is 0 Å². The Hall–Kier alpha value is -1.33. The topological polar surface area (TPSA) is 35.5 Å². The van der Waals surface area contributed by atoms with Crippen molar-refractivity contribution in [3.05, 3.63) is 43.6 Å². The standard InChI is InChI=1S/C16H15BrO3S/c1-19-12-8-11(17)13(20-2)7-10(12)16(18)15-6-9-4-3-5-14(9)21-15/h6-8H,3-5H2,1-2H3. The summed E-state index contributed by atoms with van der Waals surface area (Å²) in [5.74, 6) is 1.18. The lowest BCUT2D eigenvalue weighted by Crippen LogP contribution is -2.03. The second-order valence-corrected chi connectivity index (χ2v) is 6.92. The van der Waals surface area contributed by atoms with Crippen molar-refractivity contribution in [1.29, 1.82) is 0 Å². The zero-order chi connectivity index (χ0) is 15.0. The number of ether oxygens (including phenoxy) is 2. The number of aryl methyl sites for hydroxylation is 2. The van der Waals surface area contributed by atoms with E-state index < -0.39 is 0 Å². The molecular weight excluding hydrogens is 352 g/mol. The zero-order valence-corrected chi connectivity index (χ0v) is 14.3. The first kappa shape index (κ1) is 14.6. The fourth-order valence-corrected chi connectivity index (χ4v) is 4.30. The van der Waals surface area contributed by atoms with Gasteiger partial charge in [0.1, 0.15) is 11.5 Å². The van der Waals surface area contributed by atoms with E-state index in [1.54, 1.807) is 37.7 Å². The van der Waals surface area contributed by atoms with E-state index in [9.17, 15) is 4.79 Å². The van der Waals surface area contributed by atoms with Crippen molar-refractivity contribution in [3.8, 4) is 11.5 Å². The molecule has 1 aliphatic carbocycles. The second kappa shape index (κ2) is 5.81. The fraction of sp³-hybridized carbons (Fsp3) is 0.312. The summed E-state index contributed by atoms with van der Waals surface area (Å²) in [4.78, 5) is 14.9. The summed E-state index contributed by atoms with van der Waals surface area (Å²) in [7, 11) is 3.15. The van der Waals surface area contributed by atoms with E-state index in [-0.39, 0.29) is 5.78 Å². The molecule has 0 bridgehead atoms. The van der Waals surface area contributed by atoms with Gasteiger partial charge in [-0.15, -0.1) is 11.3 Å². The molecule has 0 spiro atoms. The van der Waals surface area contributed by atoms with E-state index in [1.807, 2.05) is 6.07 Å². The minimum absolute atomic E-state index is 0.00273. The van der Waals surface area contributed by atoms with Crippen molar-refractivity contribution >= 4 is 33.0 Å². The summed E-state index contributed by atoms with van der Waals surface area (Å²) in [6.07, 6.45) is 3.37. The lowest BCUT2D eigenvalue weighted by Gasteiger charge is -2.11. The van der Waals surface area contributed by atoms with Crippen LogP contribution in [0.1, 0.15) is 32.1 Å². The maximum Gasteiger partial charge on any atom is 0.206 e. The van der Waals surface area contributed by atoms with E-state index in [0.717, 1.165) is 22.2 Å². The molecule has 0 radical (unpaired) electrons. The molecule has 3 rings (SSSR count). The second-order valence-electron chi connectivity index (χ2n) is 4.93. The van der Waals surface area contributed by atoms with Gasteiger partial charge in [-0.05, 0) is 59.0 Å². The van der Waals surface area contributed by atoms with Gasteiger partial charge >= 0.3 is 0 Å². The molecular formula is C16H15BrO3S. The van der Waals surface area contributed by atoms with Gasteiger partial charge in [0, 0.05) is 4.88 Å². The molecule has 1 aliphatic rings. The lowest BCUT2D eigenvalue weighted by atomic mass is 10.1. The molecule has 0 atom stereocenters. The molecule has 0 saturated carbocycles. The highest BCUT2D eigenvalue weighted by atomic mass is 79.9. The van der Waals surface area contributed by atoms with Crippen LogP contribution in [0.2, 0.25) is 0 Å². The first-order valence-corrected chi connectivity index (χ1v) is 8.32. The van der Waals surface area contributed by atoms with Crippen LogP contribution in [-0.2, 0) is 12.8 Å². The number of methoxy groups -OCH3 is 2. The Labute approximate surface area is 136 Å². The van der Waals surface area contributed by atoms with E-state index in [0.29, 0.717) is 17.1 Å². The Balaban J connectivity index is 2.03.